The number of hydrogen-bond acceptors (Lipinski definition) is 3. The number of benzene rings is 2. The Morgan fingerprint density at radius 3 is 2.71 bits per heavy atom. The fraction of sp³-hybridized carbons (Fsp3) is 0.200. The van der Waals surface area contributed by atoms with E-state index in [1.165, 1.54) is 12.1 Å². The predicted molar refractivity (Wildman–Crippen MR) is 82.9 cm³/mol. The number of aliphatic hydroxyl groups excluding tert-OH is 1. The van der Waals surface area contributed by atoms with E-state index in [-0.39, 0.29) is 18.9 Å². The average molecular weight is 330 g/mol. The van der Waals surface area contributed by atoms with E-state index in [1.807, 2.05) is 0 Å². The van der Waals surface area contributed by atoms with Gasteiger partial charge in [-0.25, -0.2) is 4.39 Å². The molecule has 2 N–H and O–H groups in total. The van der Waals surface area contributed by atoms with E-state index in [9.17, 15) is 9.50 Å². The Labute approximate surface area is 132 Å². The first-order valence-electron chi connectivity index (χ1n) is 6.30. The molecule has 0 heterocycles. The van der Waals surface area contributed by atoms with Crippen LogP contribution in [-0.2, 0) is 0 Å². The normalized spacial score (nSPS) is 12.0. The maximum absolute atomic E-state index is 13.3. The van der Waals surface area contributed by atoms with Crippen LogP contribution in [0.3, 0.4) is 0 Å². The van der Waals surface area contributed by atoms with E-state index >= 15 is 0 Å². The van der Waals surface area contributed by atoms with Gasteiger partial charge in [-0.15, -0.1) is 0 Å². The fourth-order valence-corrected chi connectivity index (χ4v) is 2.02. The Balaban J connectivity index is 1.84. The van der Waals surface area contributed by atoms with E-state index in [4.69, 9.17) is 27.9 Å². The molecule has 0 amide bonds. The number of hydrogen-bond donors (Lipinski definition) is 2. The van der Waals surface area contributed by atoms with Gasteiger partial charge in [0.2, 0.25) is 0 Å². The number of ether oxygens (including phenoxy) is 1. The molecule has 0 bridgehead atoms. The molecule has 0 aliphatic rings. The van der Waals surface area contributed by atoms with Crippen LogP contribution < -0.4 is 10.1 Å². The summed E-state index contributed by atoms with van der Waals surface area (Å²) in [6.45, 7) is 0.167. The average Bonchev–Trinajstić information content (AvgIpc) is 2.47. The Bertz CT molecular complexity index is 610. The minimum Gasteiger partial charge on any atom is -0.488 e. The van der Waals surface area contributed by atoms with Crippen molar-refractivity contribution >= 4 is 28.9 Å². The maximum Gasteiger partial charge on any atom is 0.165 e. The van der Waals surface area contributed by atoms with E-state index in [0.29, 0.717) is 15.7 Å². The first-order valence-corrected chi connectivity index (χ1v) is 7.06. The highest BCUT2D eigenvalue weighted by molar-refractivity contribution is 6.35. The minimum absolute atomic E-state index is 0.0356. The van der Waals surface area contributed by atoms with E-state index in [2.05, 4.69) is 5.32 Å². The van der Waals surface area contributed by atoms with Crippen LogP contribution in [0.25, 0.3) is 0 Å². The van der Waals surface area contributed by atoms with E-state index < -0.39 is 11.9 Å². The van der Waals surface area contributed by atoms with Gasteiger partial charge in [0.1, 0.15) is 12.7 Å². The molecule has 0 saturated carbocycles. The second-order valence-electron chi connectivity index (χ2n) is 4.40. The number of anilines is 1. The zero-order valence-corrected chi connectivity index (χ0v) is 12.5. The molecular weight excluding hydrogens is 316 g/mol. The van der Waals surface area contributed by atoms with Crippen molar-refractivity contribution in [3.05, 3.63) is 58.3 Å². The minimum atomic E-state index is -0.820. The summed E-state index contributed by atoms with van der Waals surface area (Å²) < 4.78 is 18.6. The summed E-state index contributed by atoms with van der Waals surface area (Å²) in [6, 6.07) is 11.0. The number of rotatable bonds is 6. The van der Waals surface area contributed by atoms with Crippen LogP contribution >= 0.6 is 23.2 Å². The molecular formula is C15H14Cl2FNO2. The number of nitrogens with one attached hydrogen (secondary N) is 1. The summed E-state index contributed by atoms with van der Waals surface area (Å²) in [7, 11) is 0. The van der Waals surface area contributed by atoms with Crippen molar-refractivity contribution in [2.45, 2.75) is 6.10 Å². The van der Waals surface area contributed by atoms with Crippen molar-refractivity contribution in [2.24, 2.45) is 0 Å². The third-order valence-electron chi connectivity index (χ3n) is 2.72. The standard InChI is InChI=1S/C15H14Cl2FNO2/c16-10-5-6-12(17)14(7-10)19-8-11(20)9-21-15-4-2-1-3-13(15)18/h1-7,11,19-20H,8-9H2. The van der Waals surface area contributed by atoms with Gasteiger partial charge in [0.15, 0.2) is 11.6 Å². The molecule has 1 atom stereocenters. The fourth-order valence-electron chi connectivity index (χ4n) is 1.67. The zero-order valence-electron chi connectivity index (χ0n) is 11.0. The van der Waals surface area contributed by atoms with Crippen LogP contribution in [-0.4, -0.2) is 24.4 Å². The van der Waals surface area contributed by atoms with Crippen LogP contribution in [0, 0.1) is 5.82 Å². The lowest BCUT2D eigenvalue weighted by Crippen LogP contribution is -2.26. The summed E-state index contributed by atoms with van der Waals surface area (Å²) in [5.74, 6) is -0.354. The molecule has 0 spiro atoms. The second kappa shape index (κ2) is 7.50. The Morgan fingerprint density at radius 2 is 1.95 bits per heavy atom. The van der Waals surface area contributed by atoms with Crippen LogP contribution in [0.15, 0.2) is 42.5 Å². The van der Waals surface area contributed by atoms with Crippen molar-refractivity contribution < 1.29 is 14.2 Å². The van der Waals surface area contributed by atoms with Gasteiger partial charge in [0.25, 0.3) is 0 Å². The molecule has 0 fully saturated rings. The number of para-hydroxylation sites is 1. The van der Waals surface area contributed by atoms with Gasteiger partial charge in [-0.3, -0.25) is 0 Å². The largest absolute Gasteiger partial charge is 0.488 e. The smallest absolute Gasteiger partial charge is 0.165 e. The molecule has 0 aliphatic carbocycles. The molecule has 2 rings (SSSR count). The molecule has 1 unspecified atom stereocenters. The van der Waals surface area contributed by atoms with Crippen molar-refractivity contribution in [3.63, 3.8) is 0 Å². The highest BCUT2D eigenvalue weighted by Gasteiger charge is 2.09. The molecule has 3 nitrogen and oxygen atoms in total. The first-order chi connectivity index (χ1) is 10.1. The van der Waals surface area contributed by atoms with Gasteiger partial charge in [-0.05, 0) is 30.3 Å². The van der Waals surface area contributed by atoms with E-state index in [0.717, 1.165) is 0 Å². The summed E-state index contributed by atoms with van der Waals surface area (Å²) in [4.78, 5) is 0. The van der Waals surface area contributed by atoms with Crippen molar-refractivity contribution in [2.75, 3.05) is 18.5 Å². The van der Waals surface area contributed by atoms with Gasteiger partial charge in [0, 0.05) is 11.6 Å². The highest BCUT2D eigenvalue weighted by Crippen LogP contribution is 2.25. The first kappa shape index (κ1) is 15.9. The summed E-state index contributed by atoms with van der Waals surface area (Å²) in [6.07, 6.45) is -0.820. The van der Waals surface area contributed by atoms with Crippen molar-refractivity contribution in [1.82, 2.24) is 0 Å². The number of halogens is 3. The van der Waals surface area contributed by atoms with Gasteiger partial charge in [-0.2, -0.15) is 0 Å². The molecule has 0 aromatic heterocycles. The lowest BCUT2D eigenvalue weighted by molar-refractivity contribution is 0.115. The Hall–Kier alpha value is -1.49. The molecule has 0 aliphatic heterocycles. The van der Waals surface area contributed by atoms with Gasteiger partial charge in [-0.1, -0.05) is 35.3 Å². The molecule has 2 aromatic carbocycles. The molecule has 21 heavy (non-hydrogen) atoms. The van der Waals surface area contributed by atoms with Crippen molar-refractivity contribution in [3.8, 4) is 5.75 Å². The van der Waals surface area contributed by atoms with Crippen LogP contribution in [0.5, 0.6) is 5.75 Å². The van der Waals surface area contributed by atoms with Gasteiger partial charge < -0.3 is 15.2 Å². The lowest BCUT2D eigenvalue weighted by atomic mass is 10.3. The Kier molecular flexibility index (Phi) is 5.67. The molecule has 112 valence electrons. The lowest BCUT2D eigenvalue weighted by Gasteiger charge is -2.15. The zero-order chi connectivity index (χ0) is 15.2. The summed E-state index contributed by atoms with van der Waals surface area (Å²) in [5.41, 5.74) is 0.620. The molecule has 0 radical (unpaired) electrons. The van der Waals surface area contributed by atoms with Gasteiger partial charge >= 0.3 is 0 Å². The number of aliphatic hydroxyl groups is 1. The van der Waals surface area contributed by atoms with Crippen molar-refractivity contribution in [1.29, 1.82) is 0 Å². The van der Waals surface area contributed by atoms with Crippen LogP contribution in [0.4, 0.5) is 10.1 Å². The van der Waals surface area contributed by atoms with Crippen LogP contribution in [0.1, 0.15) is 0 Å². The van der Waals surface area contributed by atoms with Gasteiger partial charge in [0.05, 0.1) is 10.7 Å². The molecule has 6 heteroatoms. The quantitative estimate of drug-likeness (QED) is 0.842. The Morgan fingerprint density at radius 1 is 1.19 bits per heavy atom. The third-order valence-corrected chi connectivity index (χ3v) is 3.29. The monoisotopic (exact) mass is 329 g/mol. The van der Waals surface area contributed by atoms with E-state index in [1.54, 1.807) is 30.3 Å². The molecule has 0 saturated heterocycles. The third kappa shape index (κ3) is 4.77. The van der Waals surface area contributed by atoms with Crippen LogP contribution in [0.2, 0.25) is 10.0 Å². The highest BCUT2D eigenvalue weighted by atomic mass is 35.5. The SMILES string of the molecule is OC(CNc1cc(Cl)ccc1Cl)COc1ccccc1F. The summed E-state index contributed by atoms with van der Waals surface area (Å²) in [5, 5.41) is 13.8. The molecule has 2 aromatic rings. The maximum atomic E-state index is 13.3. The summed E-state index contributed by atoms with van der Waals surface area (Å²) >= 11 is 11.9. The predicted octanol–water partition coefficient (Wildman–Crippen LogP) is 3.98. The second-order valence-corrected chi connectivity index (χ2v) is 5.24. The topological polar surface area (TPSA) is 41.5 Å².